The minimum Gasteiger partial charge on any atom is -0.350 e. The topological polar surface area (TPSA) is 71.1 Å². The zero-order valence-electron chi connectivity index (χ0n) is 12.3. The van der Waals surface area contributed by atoms with Gasteiger partial charge in [-0.3, -0.25) is 14.6 Å². The molecule has 6 heteroatoms. The molecule has 0 spiro atoms. The third kappa shape index (κ3) is 4.12. The van der Waals surface area contributed by atoms with Crippen LogP contribution in [0.2, 0.25) is 0 Å². The van der Waals surface area contributed by atoms with Crippen molar-refractivity contribution in [2.75, 3.05) is 5.32 Å². The summed E-state index contributed by atoms with van der Waals surface area (Å²) in [6, 6.07) is 6.86. The number of carbonyl (C=O) groups excluding carboxylic acids is 2. The third-order valence-electron chi connectivity index (χ3n) is 2.78. The second-order valence-electron chi connectivity index (χ2n) is 5.05. The van der Waals surface area contributed by atoms with Crippen molar-refractivity contribution in [3.63, 3.8) is 0 Å². The summed E-state index contributed by atoms with van der Waals surface area (Å²) in [5.74, 6) is -1.09. The maximum Gasteiger partial charge on any atom is 0.257 e. The summed E-state index contributed by atoms with van der Waals surface area (Å²) in [5, 5.41) is 5.34. The summed E-state index contributed by atoms with van der Waals surface area (Å²) in [6.07, 6.45) is 2.76. The molecular weight excluding hydrogens is 285 g/mol. The second kappa shape index (κ2) is 6.80. The number of rotatable bonds is 4. The van der Waals surface area contributed by atoms with Gasteiger partial charge in [0.25, 0.3) is 11.8 Å². The third-order valence-corrected chi connectivity index (χ3v) is 2.78. The Bertz CT molecular complexity index is 684. The van der Waals surface area contributed by atoms with Crippen LogP contribution in [0.1, 0.15) is 34.6 Å². The van der Waals surface area contributed by atoms with Gasteiger partial charge in [0.1, 0.15) is 5.82 Å². The first-order valence-electron chi connectivity index (χ1n) is 6.78. The Labute approximate surface area is 127 Å². The van der Waals surface area contributed by atoms with Crippen molar-refractivity contribution in [2.45, 2.75) is 19.9 Å². The van der Waals surface area contributed by atoms with Gasteiger partial charge in [-0.15, -0.1) is 0 Å². The van der Waals surface area contributed by atoms with Crippen molar-refractivity contribution in [2.24, 2.45) is 0 Å². The molecule has 1 heterocycles. The molecule has 0 bridgehead atoms. The van der Waals surface area contributed by atoms with Gasteiger partial charge in [0.15, 0.2) is 0 Å². The van der Waals surface area contributed by atoms with E-state index in [4.69, 9.17) is 0 Å². The second-order valence-corrected chi connectivity index (χ2v) is 5.05. The number of hydrogen-bond donors (Lipinski definition) is 2. The molecule has 22 heavy (non-hydrogen) atoms. The van der Waals surface area contributed by atoms with E-state index in [1.54, 1.807) is 0 Å². The van der Waals surface area contributed by atoms with E-state index < -0.39 is 5.91 Å². The quantitative estimate of drug-likeness (QED) is 0.912. The lowest BCUT2D eigenvalue weighted by atomic mass is 10.1. The number of aromatic nitrogens is 1. The molecule has 2 N–H and O–H groups in total. The molecule has 114 valence electrons. The van der Waals surface area contributed by atoms with Gasteiger partial charge in [0.2, 0.25) is 0 Å². The van der Waals surface area contributed by atoms with Crippen LogP contribution in [0.4, 0.5) is 10.1 Å². The number of nitrogens with zero attached hydrogens (tertiary/aromatic N) is 1. The van der Waals surface area contributed by atoms with Gasteiger partial charge in [-0.1, -0.05) is 0 Å². The van der Waals surface area contributed by atoms with Gasteiger partial charge in [-0.05, 0) is 44.2 Å². The number of amides is 2. The number of anilines is 1. The number of hydrogen-bond acceptors (Lipinski definition) is 3. The Hall–Kier alpha value is -2.76. The lowest BCUT2D eigenvalue weighted by molar-refractivity contribution is 0.0942. The van der Waals surface area contributed by atoms with Crippen molar-refractivity contribution in [1.82, 2.24) is 10.3 Å². The Kier molecular flexibility index (Phi) is 4.83. The summed E-state index contributed by atoms with van der Waals surface area (Å²) < 4.78 is 12.8. The summed E-state index contributed by atoms with van der Waals surface area (Å²) >= 11 is 0. The van der Waals surface area contributed by atoms with E-state index >= 15 is 0 Å². The van der Waals surface area contributed by atoms with Crippen molar-refractivity contribution in [3.05, 3.63) is 59.7 Å². The molecule has 0 atom stereocenters. The van der Waals surface area contributed by atoms with Crippen LogP contribution in [0.15, 0.2) is 42.7 Å². The fourth-order valence-electron chi connectivity index (χ4n) is 1.77. The first kappa shape index (κ1) is 15.6. The number of halogens is 1. The lowest BCUT2D eigenvalue weighted by Gasteiger charge is -2.09. The zero-order chi connectivity index (χ0) is 16.1. The van der Waals surface area contributed by atoms with E-state index in [9.17, 15) is 14.0 Å². The molecule has 0 saturated heterocycles. The first-order valence-corrected chi connectivity index (χ1v) is 6.78. The minimum absolute atomic E-state index is 0.0100. The molecule has 2 aromatic rings. The molecule has 0 aliphatic carbocycles. The molecule has 0 aliphatic heterocycles. The van der Waals surface area contributed by atoms with Crippen LogP contribution in [-0.4, -0.2) is 22.8 Å². The number of pyridine rings is 1. The smallest absolute Gasteiger partial charge is 0.257 e. The maximum absolute atomic E-state index is 12.8. The molecule has 5 nitrogen and oxygen atoms in total. The highest BCUT2D eigenvalue weighted by atomic mass is 19.1. The van der Waals surface area contributed by atoms with Gasteiger partial charge in [-0.25, -0.2) is 4.39 Å². The molecule has 2 rings (SSSR count). The van der Waals surface area contributed by atoms with E-state index in [1.807, 2.05) is 13.8 Å². The minimum atomic E-state index is -0.418. The normalized spacial score (nSPS) is 10.4. The molecule has 0 radical (unpaired) electrons. The van der Waals surface area contributed by atoms with Crippen LogP contribution in [0.3, 0.4) is 0 Å². The number of carbonyl (C=O) groups is 2. The summed E-state index contributed by atoms with van der Waals surface area (Å²) in [4.78, 5) is 27.9. The molecule has 0 fully saturated rings. The first-order chi connectivity index (χ1) is 10.5. The van der Waals surface area contributed by atoms with Crippen LogP contribution in [-0.2, 0) is 0 Å². The lowest BCUT2D eigenvalue weighted by Crippen LogP contribution is -2.30. The van der Waals surface area contributed by atoms with E-state index in [0.29, 0.717) is 11.3 Å². The molecule has 1 aromatic heterocycles. The monoisotopic (exact) mass is 301 g/mol. The Morgan fingerprint density at radius 2 is 1.64 bits per heavy atom. The van der Waals surface area contributed by atoms with Crippen LogP contribution in [0.25, 0.3) is 0 Å². The average Bonchev–Trinajstić information content (AvgIpc) is 2.49. The predicted octanol–water partition coefficient (Wildman–Crippen LogP) is 2.61. The number of benzene rings is 1. The van der Waals surface area contributed by atoms with Gasteiger partial charge < -0.3 is 10.6 Å². The molecule has 0 unspecified atom stereocenters. The van der Waals surface area contributed by atoms with Gasteiger partial charge >= 0.3 is 0 Å². The van der Waals surface area contributed by atoms with Gasteiger partial charge in [0, 0.05) is 24.1 Å². The molecule has 2 amide bonds. The summed E-state index contributed by atoms with van der Waals surface area (Å²) in [6.45, 7) is 3.69. The van der Waals surface area contributed by atoms with Crippen LogP contribution in [0, 0.1) is 5.82 Å². The van der Waals surface area contributed by atoms with Crippen molar-refractivity contribution in [3.8, 4) is 0 Å². The molecular formula is C16H16FN3O2. The summed E-state index contributed by atoms with van der Waals surface area (Å²) in [7, 11) is 0. The maximum atomic E-state index is 12.8. The van der Waals surface area contributed by atoms with Crippen molar-refractivity contribution in [1.29, 1.82) is 0 Å². The van der Waals surface area contributed by atoms with Crippen LogP contribution < -0.4 is 10.6 Å². The van der Waals surface area contributed by atoms with Crippen molar-refractivity contribution >= 4 is 17.5 Å². The van der Waals surface area contributed by atoms with E-state index in [0.717, 1.165) is 0 Å². The van der Waals surface area contributed by atoms with E-state index in [2.05, 4.69) is 15.6 Å². The Balaban J connectivity index is 2.13. The van der Waals surface area contributed by atoms with E-state index in [-0.39, 0.29) is 23.3 Å². The Morgan fingerprint density at radius 3 is 2.23 bits per heavy atom. The van der Waals surface area contributed by atoms with Gasteiger partial charge in [0.05, 0.1) is 11.1 Å². The van der Waals surface area contributed by atoms with E-state index in [1.165, 1.54) is 42.7 Å². The van der Waals surface area contributed by atoms with Crippen LogP contribution in [0.5, 0.6) is 0 Å². The Morgan fingerprint density at radius 1 is 1.05 bits per heavy atom. The SMILES string of the molecule is CC(C)NC(=O)c1cncc(C(=O)Nc2ccc(F)cc2)c1. The number of nitrogens with one attached hydrogen (secondary N) is 2. The predicted molar refractivity (Wildman–Crippen MR) is 81.2 cm³/mol. The highest BCUT2D eigenvalue weighted by Crippen LogP contribution is 2.11. The largest absolute Gasteiger partial charge is 0.350 e. The fraction of sp³-hybridized carbons (Fsp3) is 0.188. The highest BCUT2D eigenvalue weighted by Gasteiger charge is 2.12. The van der Waals surface area contributed by atoms with Gasteiger partial charge in [-0.2, -0.15) is 0 Å². The molecule has 0 saturated carbocycles. The van der Waals surface area contributed by atoms with Crippen molar-refractivity contribution < 1.29 is 14.0 Å². The average molecular weight is 301 g/mol. The zero-order valence-corrected chi connectivity index (χ0v) is 12.3. The fourth-order valence-corrected chi connectivity index (χ4v) is 1.77. The molecule has 0 aliphatic rings. The molecule has 1 aromatic carbocycles. The van der Waals surface area contributed by atoms with Crippen LogP contribution >= 0.6 is 0 Å². The standard InChI is InChI=1S/C16H16FN3O2/c1-10(2)19-15(21)11-7-12(9-18-8-11)16(22)20-14-5-3-13(17)4-6-14/h3-10H,1-2H3,(H,19,21)(H,20,22). The highest BCUT2D eigenvalue weighted by molar-refractivity contribution is 6.05. The summed E-state index contributed by atoms with van der Waals surface area (Å²) in [5.41, 5.74) is 1.02.